The van der Waals surface area contributed by atoms with Gasteiger partial charge < -0.3 is 10.8 Å². The minimum Gasteiger partial charge on any atom is -0.507 e. The van der Waals surface area contributed by atoms with Gasteiger partial charge in [0.1, 0.15) is 5.75 Å². The fraction of sp³-hybridized carbons (Fsp3) is 0.455. The van der Waals surface area contributed by atoms with Gasteiger partial charge in [0, 0.05) is 0 Å². The molecule has 72 valence electrons. The van der Waals surface area contributed by atoms with Crippen LogP contribution in [-0.2, 0) is 6.42 Å². The lowest BCUT2D eigenvalue weighted by Gasteiger charge is -2.12. The Balaban J connectivity index is 3.26. The van der Waals surface area contributed by atoms with Gasteiger partial charge in [-0.25, -0.2) is 0 Å². The Morgan fingerprint density at radius 3 is 2.38 bits per heavy atom. The monoisotopic (exact) mass is 179 g/mol. The molecule has 0 aliphatic heterocycles. The molecule has 0 unspecified atom stereocenters. The third kappa shape index (κ3) is 1.83. The molecular weight excluding hydrogens is 162 g/mol. The first kappa shape index (κ1) is 10.1. The van der Waals surface area contributed by atoms with Gasteiger partial charge in [0.15, 0.2) is 0 Å². The van der Waals surface area contributed by atoms with Crippen LogP contribution in [0.2, 0.25) is 0 Å². The predicted molar refractivity (Wildman–Crippen MR) is 55.1 cm³/mol. The number of nitrogens with two attached hydrogens (primary N) is 1. The highest BCUT2D eigenvalue weighted by atomic mass is 16.3. The Labute approximate surface area is 79.4 Å². The third-order valence-electron chi connectivity index (χ3n) is 2.54. The van der Waals surface area contributed by atoms with Crippen LogP contribution in [0.1, 0.15) is 22.3 Å². The van der Waals surface area contributed by atoms with Gasteiger partial charge in [0.05, 0.1) is 0 Å². The van der Waals surface area contributed by atoms with E-state index in [2.05, 4.69) is 6.07 Å². The summed E-state index contributed by atoms with van der Waals surface area (Å²) in [4.78, 5) is 0. The molecule has 0 heterocycles. The van der Waals surface area contributed by atoms with Crippen LogP contribution in [0, 0.1) is 20.8 Å². The van der Waals surface area contributed by atoms with Crippen LogP contribution < -0.4 is 5.73 Å². The molecule has 2 heteroatoms. The maximum Gasteiger partial charge on any atom is 0.122 e. The van der Waals surface area contributed by atoms with Crippen molar-refractivity contribution >= 4 is 0 Å². The van der Waals surface area contributed by atoms with Crippen molar-refractivity contribution in [2.24, 2.45) is 5.73 Å². The second-order valence-electron chi connectivity index (χ2n) is 3.50. The van der Waals surface area contributed by atoms with Crippen LogP contribution in [0.25, 0.3) is 0 Å². The summed E-state index contributed by atoms with van der Waals surface area (Å²) in [5.41, 5.74) is 9.70. The summed E-state index contributed by atoms with van der Waals surface area (Å²) in [6, 6.07) is 2.10. The topological polar surface area (TPSA) is 46.2 Å². The first-order valence-corrected chi connectivity index (χ1v) is 4.56. The fourth-order valence-electron chi connectivity index (χ4n) is 1.58. The maximum absolute atomic E-state index is 9.83. The quantitative estimate of drug-likeness (QED) is 0.727. The minimum absolute atomic E-state index is 0.419. The molecule has 0 aromatic heterocycles. The van der Waals surface area contributed by atoms with E-state index in [1.54, 1.807) is 0 Å². The van der Waals surface area contributed by atoms with Crippen LogP contribution in [-0.4, -0.2) is 11.7 Å². The molecule has 13 heavy (non-hydrogen) atoms. The maximum atomic E-state index is 9.83. The zero-order valence-electron chi connectivity index (χ0n) is 8.52. The fourth-order valence-corrected chi connectivity index (χ4v) is 1.58. The van der Waals surface area contributed by atoms with Gasteiger partial charge in [-0.05, 0) is 56.0 Å². The number of phenols is 1. The highest BCUT2D eigenvalue weighted by Gasteiger charge is 2.09. The van der Waals surface area contributed by atoms with E-state index in [4.69, 9.17) is 5.73 Å². The summed E-state index contributed by atoms with van der Waals surface area (Å²) in [7, 11) is 0. The number of hydrogen-bond donors (Lipinski definition) is 2. The van der Waals surface area contributed by atoms with E-state index in [-0.39, 0.29) is 0 Å². The summed E-state index contributed by atoms with van der Waals surface area (Å²) in [5, 5.41) is 9.83. The van der Waals surface area contributed by atoms with E-state index in [1.807, 2.05) is 20.8 Å². The second-order valence-corrected chi connectivity index (χ2v) is 3.50. The van der Waals surface area contributed by atoms with Gasteiger partial charge in [-0.3, -0.25) is 0 Å². The predicted octanol–water partition coefficient (Wildman–Crippen LogP) is 1.82. The molecule has 0 saturated carbocycles. The zero-order valence-corrected chi connectivity index (χ0v) is 8.52. The molecule has 1 aromatic rings. The van der Waals surface area contributed by atoms with E-state index < -0.39 is 0 Å². The van der Waals surface area contributed by atoms with Crippen molar-refractivity contribution in [3.63, 3.8) is 0 Å². The SMILES string of the molecule is Cc1cc(C)c(CCN)c(O)c1C. The summed E-state index contributed by atoms with van der Waals surface area (Å²) in [6.45, 7) is 6.53. The third-order valence-corrected chi connectivity index (χ3v) is 2.54. The lowest BCUT2D eigenvalue weighted by molar-refractivity contribution is 0.462. The van der Waals surface area contributed by atoms with Crippen LogP contribution in [0.15, 0.2) is 6.07 Å². The van der Waals surface area contributed by atoms with E-state index >= 15 is 0 Å². The number of hydrogen-bond acceptors (Lipinski definition) is 2. The van der Waals surface area contributed by atoms with Crippen molar-refractivity contribution in [1.29, 1.82) is 0 Å². The molecule has 2 nitrogen and oxygen atoms in total. The number of benzene rings is 1. The Kier molecular flexibility index (Phi) is 2.94. The largest absolute Gasteiger partial charge is 0.507 e. The molecule has 0 radical (unpaired) electrons. The normalized spacial score (nSPS) is 10.5. The number of rotatable bonds is 2. The Morgan fingerprint density at radius 2 is 1.85 bits per heavy atom. The highest BCUT2D eigenvalue weighted by Crippen LogP contribution is 2.28. The minimum atomic E-state index is 0.419. The van der Waals surface area contributed by atoms with E-state index in [0.29, 0.717) is 12.3 Å². The average molecular weight is 179 g/mol. The number of aryl methyl sites for hydroxylation is 2. The van der Waals surface area contributed by atoms with Gasteiger partial charge in [-0.2, -0.15) is 0 Å². The van der Waals surface area contributed by atoms with Crippen molar-refractivity contribution in [2.75, 3.05) is 6.54 Å². The van der Waals surface area contributed by atoms with Crippen molar-refractivity contribution in [3.05, 3.63) is 28.3 Å². The molecule has 0 aliphatic carbocycles. The zero-order chi connectivity index (χ0) is 10.0. The lowest BCUT2D eigenvalue weighted by atomic mass is 9.97. The molecule has 3 N–H and O–H groups in total. The molecule has 0 bridgehead atoms. The van der Waals surface area contributed by atoms with Gasteiger partial charge in [-0.1, -0.05) is 6.07 Å². The standard InChI is InChI=1S/C11H17NO/c1-7-6-8(2)10(4-5-12)11(13)9(7)3/h6,13H,4-5,12H2,1-3H3. The summed E-state index contributed by atoms with van der Waals surface area (Å²) >= 11 is 0. The lowest BCUT2D eigenvalue weighted by Crippen LogP contribution is -2.05. The van der Waals surface area contributed by atoms with Crippen LogP contribution >= 0.6 is 0 Å². The number of phenolic OH excluding ortho intramolecular Hbond substituents is 1. The van der Waals surface area contributed by atoms with Gasteiger partial charge in [-0.15, -0.1) is 0 Å². The molecule has 0 amide bonds. The van der Waals surface area contributed by atoms with Crippen LogP contribution in [0.3, 0.4) is 0 Å². The summed E-state index contributed by atoms with van der Waals surface area (Å²) < 4.78 is 0. The Hall–Kier alpha value is -1.02. The smallest absolute Gasteiger partial charge is 0.122 e. The molecule has 0 fully saturated rings. The molecule has 0 spiro atoms. The molecule has 1 rings (SSSR count). The van der Waals surface area contributed by atoms with Crippen LogP contribution in [0.5, 0.6) is 5.75 Å². The van der Waals surface area contributed by atoms with Crippen LogP contribution in [0.4, 0.5) is 0 Å². The average Bonchev–Trinajstić information content (AvgIpc) is 2.09. The summed E-state index contributed by atoms with van der Waals surface area (Å²) in [5.74, 6) is 0.419. The molecular formula is C11H17NO. The molecule has 1 aromatic carbocycles. The Morgan fingerprint density at radius 1 is 1.23 bits per heavy atom. The van der Waals surface area contributed by atoms with Gasteiger partial charge in [0.2, 0.25) is 0 Å². The van der Waals surface area contributed by atoms with Crippen molar-refractivity contribution in [1.82, 2.24) is 0 Å². The first-order chi connectivity index (χ1) is 6.07. The Bertz CT molecular complexity index is 318. The number of aromatic hydroxyl groups is 1. The van der Waals surface area contributed by atoms with Crippen molar-refractivity contribution in [3.8, 4) is 5.75 Å². The molecule has 0 atom stereocenters. The first-order valence-electron chi connectivity index (χ1n) is 4.56. The summed E-state index contributed by atoms with van der Waals surface area (Å²) in [6.07, 6.45) is 0.749. The highest BCUT2D eigenvalue weighted by molar-refractivity contribution is 5.48. The van der Waals surface area contributed by atoms with Crippen molar-refractivity contribution in [2.45, 2.75) is 27.2 Å². The van der Waals surface area contributed by atoms with E-state index in [9.17, 15) is 5.11 Å². The van der Waals surface area contributed by atoms with Gasteiger partial charge >= 0.3 is 0 Å². The second kappa shape index (κ2) is 3.79. The molecule has 0 saturated heterocycles. The van der Waals surface area contributed by atoms with Gasteiger partial charge in [0.25, 0.3) is 0 Å². The van der Waals surface area contributed by atoms with E-state index in [1.165, 1.54) is 0 Å². The van der Waals surface area contributed by atoms with E-state index in [0.717, 1.165) is 28.7 Å². The molecule has 0 aliphatic rings. The van der Waals surface area contributed by atoms with Crippen molar-refractivity contribution < 1.29 is 5.11 Å².